The van der Waals surface area contributed by atoms with Gasteiger partial charge in [0.2, 0.25) is 0 Å². The Morgan fingerprint density at radius 1 is 1.56 bits per heavy atom. The van der Waals surface area contributed by atoms with E-state index in [2.05, 4.69) is 0 Å². The van der Waals surface area contributed by atoms with E-state index in [4.69, 9.17) is 16.7 Å². The molecule has 0 saturated heterocycles. The van der Waals surface area contributed by atoms with Gasteiger partial charge in [-0.05, 0) is 25.1 Å². The first-order valence-electron chi connectivity index (χ1n) is 4.84. The molecule has 0 spiro atoms. The Labute approximate surface area is 99.1 Å². The molecule has 16 heavy (non-hydrogen) atoms. The number of likely N-dealkylation sites (N-methyl/N-ethyl adjacent to an activating group) is 1. The predicted molar refractivity (Wildman–Crippen MR) is 61.8 cm³/mol. The number of aromatic hydroxyl groups is 1. The molecule has 4 nitrogen and oxygen atoms in total. The second kappa shape index (κ2) is 5.18. The van der Waals surface area contributed by atoms with Gasteiger partial charge in [-0.25, -0.2) is 0 Å². The third kappa shape index (κ3) is 2.65. The Balaban J connectivity index is 2.92. The van der Waals surface area contributed by atoms with Gasteiger partial charge in [-0.2, -0.15) is 0 Å². The molecule has 0 radical (unpaired) electrons. The second-order valence-electron chi connectivity index (χ2n) is 3.61. The summed E-state index contributed by atoms with van der Waals surface area (Å²) in [6.07, 6.45) is 0. The Bertz CT molecular complexity index is 395. The number of aliphatic hydroxyl groups is 1. The number of hydrogen-bond acceptors (Lipinski definition) is 3. The van der Waals surface area contributed by atoms with Crippen molar-refractivity contribution in [2.75, 3.05) is 13.7 Å². The second-order valence-corrected chi connectivity index (χ2v) is 4.02. The van der Waals surface area contributed by atoms with Crippen LogP contribution in [0.25, 0.3) is 0 Å². The number of rotatable bonds is 3. The molecular weight excluding hydrogens is 230 g/mol. The fourth-order valence-electron chi connectivity index (χ4n) is 1.17. The molecule has 2 N–H and O–H groups in total. The molecule has 0 saturated carbocycles. The van der Waals surface area contributed by atoms with Gasteiger partial charge < -0.3 is 15.1 Å². The molecule has 1 atom stereocenters. The van der Waals surface area contributed by atoms with Crippen LogP contribution in [0.1, 0.15) is 17.3 Å². The van der Waals surface area contributed by atoms with Crippen molar-refractivity contribution in [1.29, 1.82) is 0 Å². The van der Waals surface area contributed by atoms with Crippen molar-refractivity contribution in [3.05, 3.63) is 28.8 Å². The normalized spacial score (nSPS) is 12.2. The molecule has 1 rings (SSSR count). The summed E-state index contributed by atoms with van der Waals surface area (Å²) in [5.41, 5.74) is 0.380. The zero-order valence-corrected chi connectivity index (χ0v) is 9.90. The summed E-state index contributed by atoms with van der Waals surface area (Å²) >= 11 is 5.71. The number of benzene rings is 1. The Morgan fingerprint density at radius 2 is 2.19 bits per heavy atom. The Morgan fingerprint density at radius 3 is 2.69 bits per heavy atom. The number of halogens is 1. The number of aliphatic hydroxyl groups excluding tert-OH is 1. The number of hydrogen-bond donors (Lipinski definition) is 2. The van der Waals surface area contributed by atoms with E-state index in [0.717, 1.165) is 0 Å². The maximum atomic E-state index is 11.9. The van der Waals surface area contributed by atoms with E-state index < -0.39 is 0 Å². The first-order valence-corrected chi connectivity index (χ1v) is 5.21. The summed E-state index contributed by atoms with van der Waals surface area (Å²) in [5.74, 6) is -0.306. The first-order chi connectivity index (χ1) is 7.47. The van der Waals surface area contributed by atoms with Crippen LogP contribution in [0.3, 0.4) is 0 Å². The molecule has 0 aliphatic rings. The molecule has 0 heterocycles. The summed E-state index contributed by atoms with van der Waals surface area (Å²) in [6.45, 7) is 1.63. The number of phenolic OH excluding ortho intramolecular Hbond substituents is 1. The molecule has 1 aromatic carbocycles. The fraction of sp³-hybridized carbons (Fsp3) is 0.364. The van der Waals surface area contributed by atoms with Crippen LogP contribution in [0.15, 0.2) is 18.2 Å². The van der Waals surface area contributed by atoms with Crippen LogP contribution in [-0.2, 0) is 0 Å². The van der Waals surface area contributed by atoms with Gasteiger partial charge in [0, 0.05) is 12.6 Å². The van der Waals surface area contributed by atoms with Crippen LogP contribution in [-0.4, -0.2) is 40.7 Å². The molecule has 1 aromatic rings. The molecule has 0 aromatic heterocycles. The van der Waals surface area contributed by atoms with Crippen LogP contribution in [0.2, 0.25) is 5.02 Å². The molecule has 1 unspecified atom stereocenters. The van der Waals surface area contributed by atoms with Gasteiger partial charge >= 0.3 is 0 Å². The SMILES string of the molecule is CC(CO)N(C)C(=O)c1ccc(O)c(Cl)c1. The summed E-state index contributed by atoms with van der Waals surface area (Å²) in [7, 11) is 1.60. The van der Waals surface area contributed by atoms with E-state index in [0.29, 0.717) is 5.56 Å². The summed E-state index contributed by atoms with van der Waals surface area (Å²) in [6, 6.07) is 4.00. The van der Waals surface area contributed by atoms with Gasteiger partial charge in [0.15, 0.2) is 0 Å². The monoisotopic (exact) mass is 243 g/mol. The van der Waals surface area contributed by atoms with E-state index in [-0.39, 0.29) is 29.3 Å². The highest BCUT2D eigenvalue weighted by Crippen LogP contribution is 2.24. The molecular formula is C11H14ClNO3. The standard InChI is InChI=1S/C11H14ClNO3/c1-7(6-14)13(2)11(16)8-3-4-10(15)9(12)5-8/h3-5,7,14-15H,6H2,1-2H3. The molecule has 88 valence electrons. The molecule has 1 amide bonds. The zero-order valence-electron chi connectivity index (χ0n) is 9.14. The molecule has 0 aliphatic carbocycles. The summed E-state index contributed by atoms with van der Waals surface area (Å²) < 4.78 is 0. The third-order valence-corrected chi connectivity index (χ3v) is 2.74. The lowest BCUT2D eigenvalue weighted by atomic mass is 10.1. The maximum absolute atomic E-state index is 11.9. The quantitative estimate of drug-likeness (QED) is 0.846. The summed E-state index contributed by atoms with van der Waals surface area (Å²) in [4.78, 5) is 13.3. The van der Waals surface area contributed by atoms with Crippen molar-refractivity contribution in [3.63, 3.8) is 0 Å². The van der Waals surface area contributed by atoms with E-state index in [1.54, 1.807) is 14.0 Å². The Hall–Kier alpha value is -1.26. The maximum Gasteiger partial charge on any atom is 0.253 e. The highest BCUT2D eigenvalue weighted by atomic mass is 35.5. The molecule has 0 bridgehead atoms. The Kier molecular flexibility index (Phi) is 4.15. The third-order valence-electron chi connectivity index (χ3n) is 2.44. The average molecular weight is 244 g/mol. The van der Waals surface area contributed by atoms with Gasteiger partial charge in [-0.1, -0.05) is 11.6 Å². The lowest BCUT2D eigenvalue weighted by Gasteiger charge is -2.23. The zero-order chi connectivity index (χ0) is 12.3. The van der Waals surface area contributed by atoms with Crippen molar-refractivity contribution >= 4 is 17.5 Å². The molecule has 5 heteroatoms. The smallest absolute Gasteiger partial charge is 0.253 e. The number of nitrogens with zero attached hydrogens (tertiary/aromatic N) is 1. The van der Waals surface area contributed by atoms with E-state index >= 15 is 0 Å². The fourth-order valence-corrected chi connectivity index (χ4v) is 1.35. The lowest BCUT2D eigenvalue weighted by Crippen LogP contribution is -2.37. The van der Waals surface area contributed by atoms with Crippen molar-refractivity contribution in [1.82, 2.24) is 4.90 Å². The minimum Gasteiger partial charge on any atom is -0.506 e. The van der Waals surface area contributed by atoms with Crippen LogP contribution in [0.5, 0.6) is 5.75 Å². The van der Waals surface area contributed by atoms with E-state index in [1.165, 1.54) is 23.1 Å². The van der Waals surface area contributed by atoms with Crippen molar-refractivity contribution in [2.45, 2.75) is 13.0 Å². The van der Waals surface area contributed by atoms with Crippen molar-refractivity contribution in [3.8, 4) is 5.75 Å². The van der Waals surface area contributed by atoms with Gasteiger partial charge in [0.1, 0.15) is 5.75 Å². The topological polar surface area (TPSA) is 60.8 Å². The largest absolute Gasteiger partial charge is 0.506 e. The van der Waals surface area contributed by atoms with Gasteiger partial charge in [0.25, 0.3) is 5.91 Å². The highest BCUT2D eigenvalue weighted by Gasteiger charge is 2.17. The number of carbonyl (C=O) groups is 1. The first kappa shape index (κ1) is 12.8. The minimum atomic E-state index is -0.264. The van der Waals surface area contributed by atoms with Crippen molar-refractivity contribution in [2.24, 2.45) is 0 Å². The van der Waals surface area contributed by atoms with E-state index in [1.807, 2.05) is 0 Å². The minimum absolute atomic E-state index is 0.0592. The van der Waals surface area contributed by atoms with Gasteiger partial charge in [-0.15, -0.1) is 0 Å². The van der Waals surface area contributed by atoms with Crippen LogP contribution in [0, 0.1) is 0 Å². The number of amides is 1. The molecule has 0 aliphatic heterocycles. The van der Waals surface area contributed by atoms with E-state index in [9.17, 15) is 9.90 Å². The number of carbonyl (C=O) groups excluding carboxylic acids is 1. The predicted octanol–water partition coefficient (Wildman–Crippen LogP) is 1.50. The van der Waals surface area contributed by atoms with Gasteiger partial charge in [0.05, 0.1) is 17.7 Å². The van der Waals surface area contributed by atoms with Crippen LogP contribution >= 0.6 is 11.6 Å². The van der Waals surface area contributed by atoms with Crippen LogP contribution in [0.4, 0.5) is 0 Å². The number of phenols is 1. The summed E-state index contributed by atoms with van der Waals surface area (Å²) in [5, 5.41) is 18.3. The average Bonchev–Trinajstić information content (AvgIpc) is 2.29. The van der Waals surface area contributed by atoms with Crippen LogP contribution < -0.4 is 0 Å². The highest BCUT2D eigenvalue weighted by molar-refractivity contribution is 6.32. The molecule has 0 fully saturated rings. The lowest BCUT2D eigenvalue weighted by molar-refractivity contribution is 0.0682. The van der Waals surface area contributed by atoms with Crippen molar-refractivity contribution < 1.29 is 15.0 Å². The van der Waals surface area contributed by atoms with Gasteiger partial charge in [-0.3, -0.25) is 4.79 Å².